The van der Waals surface area contributed by atoms with Gasteiger partial charge in [-0.25, -0.2) is 0 Å². The third-order valence-electron chi connectivity index (χ3n) is 7.88. The number of ether oxygens (including phenoxy) is 2. The highest BCUT2D eigenvalue weighted by Crippen LogP contribution is 2.37. The molecule has 2 unspecified atom stereocenters. The molecule has 2 fully saturated rings. The van der Waals surface area contributed by atoms with E-state index in [1.54, 1.807) is 24.3 Å². The zero-order valence-corrected chi connectivity index (χ0v) is 26.7. The maximum atomic E-state index is 14.2. The molecular formula is C35H36N2O6S2. The van der Waals surface area contributed by atoms with Crippen molar-refractivity contribution in [1.29, 1.82) is 0 Å². The molecule has 0 aromatic heterocycles. The molecule has 0 aliphatic carbocycles. The summed E-state index contributed by atoms with van der Waals surface area (Å²) < 4.78 is 13.0. The molecule has 2 atom stereocenters. The second kappa shape index (κ2) is 15.2. The largest absolute Gasteiger partial charge is 0.489 e. The Labute approximate surface area is 273 Å². The Morgan fingerprint density at radius 1 is 1.04 bits per heavy atom. The minimum atomic E-state index is -1.14. The predicted molar refractivity (Wildman–Crippen MR) is 179 cm³/mol. The molecule has 2 aliphatic heterocycles. The number of hydrogen-bond acceptors (Lipinski definition) is 7. The fourth-order valence-electron chi connectivity index (χ4n) is 5.55. The summed E-state index contributed by atoms with van der Waals surface area (Å²) >= 11 is 6.31. The van der Waals surface area contributed by atoms with Gasteiger partial charge < -0.3 is 19.5 Å². The van der Waals surface area contributed by atoms with Gasteiger partial charge in [-0.05, 0) is 55.0 Å². The number of rotatable bonds is 12. The Morgan fingerprint density at radius 3 is 2.49 bits per heavy atom. The second-order valence-electron chi connectivity index (χ2n) is 10.9. The first-order valence-corrected chi connectivity index (χ1v) is 16.4. The zero-order valence-electron chi connectivity index (χ0n) is 25.1. The summed E-state index contributed by atoms with van der Waals surface area (Å²) in [6, 6.07) is 24.9. The van der Waals surface area contributed by atoms with Gasteiger partial charge in [0.25, 0.3) is 11.8 Å². The van der Waals surface area contributed by atoms with E-state index in [4.69, 9.17) is 21.7 Å². The zero-order chi connectivity index (χ0) is 31.8. The average Bonchev–Trinajstić information content (AvgIpc) is 3.31. The number of hydrogen-bond donors (Lipinski definition) is 1. The van der Waals surface area contributed by atoms with Gasteiger partial charge in [-0.15, -0.1) is 0 Å². The number of aliphatic carboxylic acids is 1. The van der Waals surface area contributed by atoms with Crippen LogP contribution < -0.4 is 9.47 Å². The van der Waals surface area contributed by atoms with E-state index in [0.29, 0.717) is 41.5 Å². The number of amides is 2. The van der Waals surface area contributed by atoms with Crippen molar-refractivity contribution in [3.63, 3.8) is 0 Å². The molecular weight excluding hydrogens is 609 g/mol. The monoisotopic (exact) mass is 644 g/mol. The first-order chi connectivity index (χ1) is 21.8. The van der Waals surface area contributed by atoms with Crippen LogP contribution in [0.1, 0.15) is 55.4 Å². The molecule has 0 radical (unpaired) electrons. The summed E-state index contributed by atoms with van der Waals surface area (Å²) in [5, 5.41) is 9.20. The van der Waals surface area contributed by atoms with Crippen molar-refractivity contribution >= 4 is 52.2 Å². The first-order valence-electron chi connectivity index (χ1n) is 15.1. The highest BCUT2D eigenvalue weighted by Gasteiger charge is 2.35. The fourth-order valence-corrected chi connectivity index (χ4v) is 6.81. The van der Waals surface area contributed by atoms with E-state index in [9.17, 15) is 19.5 Å². The van der Waals surface area contributed by atoms with E-state index in [1.807, 2.05) is 65.6 Å². The molecule has 2 aliphatic rings. The van der Waals surface area contributed by atoms with E-state index in [2.05, 4.69) is 6.92 Å². The van der Waals surface area contributed by atoms with Gasteiger partial charge in [-0.3, -0.25) is 19.3 Å². The lowest BCUT2D eigenvalue weighted by molar-refractivity contribution is -0.143. The minimum Gasteiger partial charge on any atom is -0.489 e. The lowest BCUT2D eigenvalue weighted by Gasteiger charge is -2.37. The van der Waals surface area contributed by atoms with Gasteiger partial charge in [-0.2, -0.15) is 0 Å². The molecule has 234 valence electrons. The number of carboxylic acids is 1. The number of nitrogens with zero attached hydrogens (tertiary/aromatic N) is 2. The topological polar surface area (TPSA) is 96.4 Å². The van der Waals surface area contributed by atoms with Gasteiger partial charge >= 0.3 is 5.97 Å². The Bertz CT molecular complexity index is 1560. The molecule has 2 amide bonds. The smallest absolute Gasteiger partial charge is 0.323 e. The van der Waals surface area contributed by atoms with Crippen molar-refractivity contribution < 1.29 is 29.0 Å². The van der Waals surface area contributed by atoms with Crippen molar-refractivity contribution in [1.82, 2.24) is 9.80 Å². The Kier molecular flexibility index (Phi) is 10.9. The van der Waals surface area contributed by atoms with Crippen LogP contribution in [0.3, 0.4) is 0 Å². The van der Waals surface area contributed by atoms with Gasteiger partial charge in [0.1, 0.15) is 10.9 Å². The number of thiocarbonyl (C=S) groups is 1. The first kappa shape index (κ1) is 32.2. The Hall–Kier alpha value is -4.15. The second-order valence-corrected chi connectivity index (χ2v) is 12.6. The molecule has 1 N–H and O–H groups in total. The van der Waals surface area contributed by atoms with Crippen molar-refractivity contribution in [2.24, 2.45) is 0 Å². The van der Waals surface area contributed by atoms with E-state index in [-0.39, 0.29) is 16.3 Å². The lowest BCUT2D eigenvalue weighted by Crippen LogP contribution is -2.46. The highest BCUT2D eigenvalue weighted by atomic mass is 32.2. The number of likely N-dealkylation sites (tertiary alicyclic amines) is 1. The summed E-state index contributed by atoms with van der Waals surface area (Å²) in [6.45, 7) is 2.68. The van der Waals surface area contributed by atoms with E-state index in [1.165, 1.54) is 0 Å². The molecule has 0 spiro atoms. The maximum absolute atomic E-state index is 14.2. The van der Waals surface area contributed by atoms with Gasteiger partial charge in [0.15, 0.2) is 11.5 Å². The van der Waals surface area contributed by atoms with Crippen LogP contribution in [-0.2, 0) is 20.8 Å². The Balaban J connectivity index is 1.48. The van der Waals surface area contributed by atoms with Crippen molar-refractivity contribution in [2.45, 2.75) is 51.2 Å². The summed E-state index contributed by atoms with van der Waals surface area (Å²) in [6.07, 6.45) is 5.31. The van der Waals surface area contributed by atoms with E-state index >= 15 is 0 Å². The van der Waals surface area contributed by atoms with Gasteiger partial charge in [0, 0.05) is 24.6 Å². The summed E-state index contributed by atoms with van der Waals surface area (Å²) in [4.78, 5) is 41.7. The molecule has 8 nitrogen and oxygen atoms in total. The molecule has 0 saturated carbocycles. The number of piperidine rings is 1. The fraction of sp³-hybridized carbons (Fsp3) is 0.314. The van der Waals surface area contributed by atoms with Crippen molar-refractivity contribution in [3.05, 3.63) is 100 Å². The average molecular weight is 645 g/mol. The van der Waals surface area contributed by atoms with Crippen LogP contribution in [0.4, 0.5) is 0 Å². The van der Waals surface area contributed by atoms with Crippen molar-refractivity contribution in [2.75, 3.05) is 19.7 Å². The number of carboxylic acid groups (broad SMARTS) is 1. The molecule has 45 heavy (non-hydrogen) atoms. The normalized spacial score (nSPS) is 18.2. The number of carbonyl (C=O) groups is 3. The molecule has 0 bridgehead atoms. The molecule has 3 aromatic carbocycles. The van der Waals surface area contributed by atoms with E-state index in [0.717, 1.165) is 53.5 Å². The quantitative estimate of drug-likeness (QED) is 0.176. The van der Waals surface area contributed by atoms with E-state index < -0.39 is 24.5 Å². The number of thioether (sulfide) groups is 1. The van der Waals surface area contributed by atoms with Crippen molar-refractivity contribution in [3.8, 4) is 11.5 Å². The molecule has 2 heterocycles. The highest BCUT2D eigenvalue weighted by molar-refractivity contribution is 8.26. The third-order valence-corrected chi connectivity index (χ3v) is 9.25. The predicted octanol–water partition coefficient (Wildman–Crippen LogP) is 6.51. The third kappa shape index (κ3) is 8.12. The summed E-state index contributed by atoms with van der Waals surface area (Å²) in [7, 11) is 0. The minimum absolute atomic E-state index is 0.0945. The molecule has 3 aromatic rings. The van der Waals surface area contributed by atoms with Crippen LogP contribution in [0.15, 0.2) is 83.8 Å². The van der Waals surface area contributed by atoms with Crippen LogP contribution in [0.25, 0.3) is 6.08 Å². The summed E-state index contributed by atoms with van der Waals surface area (Å²) in [5.74, 6) is -0.865. The van der Waals surface area contributed by atoms with Crippen LogP contribution in [0, 0.1) is 0 Å². The molecule has 10 heteroatoms. The molecule has 5 rings (SSSR count). The Morgan fingerprint density at radius 2 is 1.78 bits per heavy atom. The lowest BCUT2D eigenvalue weighted by atomic mass is 9.98. The molecule has 2 saturated heterocycles. The maximum Gasteiger partial charge on any atom is 0.323 e. The van der Waals surface area contributed by atoms with Gasteiger partial charge in [0.2, 0.25) is 6.10 Å². The van der Waals surface area contributed by atoms with Crippen LogP contribution >= 0.6 is 24.0 Å². The van der Waals surface area contributed by atoms with Crippen LogP contribution in [-0.4, -0.2) is 62.7 Å². The summed E-state index contributed by atoms with van der Waals surface area (Å²) in [5.41, 5.74) is 2.49. The van der Waals surface area contributed by atoms with Crippen LogP contribution in [0.5, 0.6) is 11.5 Å². The number of carbonyl (C=O) groups excluding carboxylic acids is 2. The van der Waals surface area contributed by atoms with Gasteiger partial charge in [0.05, 0.1) is 11.5 Å². The number of benzene rings is 3. The van der Waals surface area contributed by atoms with Crippen LogP contribution in [0.2, 0.25) is 0 Å². The SMILES string of the molecule is CCC1CCCCN1C(=O)C(Oc1cc(C=C2SC(=S)N(CC(=O)O)C2=O)ccc1OCCc1ccccc1)c1ccccc1. The van der Waals surface area contributed by atoms with Gasteiger partial charge in [-0.1, -0.05) is 97.6 Å². The standard InChI is InChI=1S/C35H36N2O6S2/c1-2-27-15-9-10-19-36(27)34(41)32(26-13-7-4-8-14-26)43-29-21-25(22-30-33(40)37(23-31(38)39)35(44)45-30)16-17-28(29)42-20-18-24-11-5-3-6-12-24/h3-8,11-14,16-17,21-22,27,32H,2,9-10,15,18-20,23H2,1H3,(H,38,39).